The van der Waals surface area contributed by atoms with Crippen LogP contribution in [-0.4, -0.2) is 45.6 Å². The average Bonchev–Trinajstić information content (AvgIpc) is 3.55. The smallest absolute Gasteiger partial charge is 0.387 e. The summed E-state index contributed by atoms with van der Waals surface area (Å²) in [5.74, 6) is 0.459. The second-order valence-electron chi connectivity index (χ2n) is 7.55. The molecule has 0 spiro atoms. The Bertz CT molecular complexity index is 1550. The molecule has 0 aliphatic rings. The van der Waals surface area contributed by atoms with Gasteiger partial charge in [0.2, 0.25) is 5.89 Å². The molecule has 3 aromatic heterocycles. The fraction of sp³-hybridized carbons (Fsp3) is 0.167. The molecule has 0 atom stereocenters. The van der Waals surface area contributed by atoms with Gasteiger partial charge in [-0.1, -0.05) is 0 Å². The van der Waals surface area contributed by atoms with Crippen molar-refractivity contribution in [2.75, 3.05) is 14.2 Å². The number of hydrogen-bond acceptors (Lipinski definition) is 8. The summed E-state index contributed by atoms with van der Waals surface area (Å²) in [5, 5.41) is 12.0. The molecule has 0 saturated heterocycles. The van der Waals surface area contributed by atoms with Crippen LogP contribution in [0.15, 0.2) is 59.1 Å². The van der Waals surface area contributed by atoms with Crippen molar-refractivity contribution >= 4 is 5.65 Å². The summed E-state index contributed by atoms with van der Waals surface area (Å²) >= 11 is 0. The van der Waals surface area contributed by atoms with Crippen LogP contribution in [-0.2, 0) is 0 Å². The fourth-order valence-corrected chi connectivity index (χ4v) is 3.64. The van der Waals surface area contributed by atoms with Gasteiger partial charge in [-0.25, -0.2) is 18.3 Å². The van der Waals surface area contributed by atoms with Crippen LogP contribution in [0.2, 0.25) is 0 Å². The topological polar surface area (TPSA) is 96.8 Å². The van der Waals surface area contributed by atoms with E-state index in [1.807, 2.05) is 0 Å². The summed E-state index contributed by atoms with van der Waals surface area (Å²) in [6.45, 7) is -3.03. The molecule has 0 unspecified atom stereocenters. The van der Waals surface area contributed by atoms with Crippen LogP contribution < -0.4 is 14.2 Å². The van der Waals surface area contributed by atoms with Crippen LogP contribution >= 0.6 is 0 Å². The number of benzene rings is 2. The van der Waals surface area contributed by atoms with Gasteiger partial charge in [0.15, 0.2) is 17.1 Å². The van der Waals surface area contributed by atoms with Crippen molar-refractivity contribution in [3.05, 3.63) is 60.4 Å². The molecule has 0 aliphatic heterocycles. The molecule has 0 N–H and O–H groups in total. The third kappa shape index (κ3) is 4.62. The highest BCUT2D eigenvalue weighted by Crippen LogP contribution is 2.35. The maximum absolute atomic E-state index is 13.9. The zero-order chi connectivity index (χ0) is 26.1. The van der Waals surface area contributed by atoms with Crippen molar-refractivity contribution in [1.82, 2.24) is 24.8 Å². The van der Waals surface area contributed by atoms with Gasteiger partial charge in [0.05, 0.1) is 26.1 Å². The summed E-state index contributed by atoms with van der Waals surface area (Å²) in [4.78, 5) is 4.52. The summed E-state index contributed by atoms with van der Waals surface area (Å²) in [6.07, 6.45) is -1.54. The largest absolute Gasteiger partial charge is 0.497 e. The van der Waals surface area contributed by atoms with Gasteiger partial charge < -0.3 is 18.6 Å². The third-order valence-electron chi connectivity index (χ3n) is 5.39. The minimum absolute atomic E-state index is 0.0247. The standard InChI is InChI=1S/C24H17F4N5O4/c1-34-14-6-3-12(4-7-14)16-10-17(20(25)26)33-21(30-16)15(11-29-33)23-32-31-22(37-23)13-5-8-18(36-24(27)28)19(9-13)35-2/h3-11,20,24H,1-2H3. The molecule has 0 bridgehead atoms. The highest BCUT2D eigenvalue weighted by Gasteiger charge is 2.23. The second-order valence-corrected chi connectivity index (χ2v) is 7.55. The van der Waals surface area contributed by atoms with Crippen LogP contribution in [0.3, 0.4) is 0 Å². The van der Waals surface area contributed by atoms with Gasteiger partial charge >= 0.3 is 6.61 Å². The molecule has 5 aromatic rings. The Hall–Kier alpha value is -4.68. The monoisotopic (exact) mass is 515 g/mol. The lowest BCUT2D eigenvalue weighted by atomic mass is 10.1. The maximum atomic E-state index is 13.9. The van der Waals surface area contributed by atoms with E-state index in [-0.39, 0.29) is 45.9 Å². The van der Waals surface area contributed by atoms with E-state index >= 15 is 0 Å². The van der Waals surface area contributed by atoms with Gasteiger partial charge in [0.1, 0.15) is 17.0 Å². The zero-order valence-corrected chi connectivity index (χ0v) is 19.2. The number of ether oxygens (including phenoxy) is 3. The summed E-state index contributed by atoms with van der Waals surface area (Å²) in [7, 11) is 2.81. The number of rotatable bonds is 8. The van der Waals surface area contributed by atoms with Gasteiger partial charge in [0.25, 0.3) is 12.3 Å². The summed E-state index contributed by atoms with van der Waals surface area (Å²) in [6, 6.07) is 12.1. The predicted molar refractivity (Wildman–Crippen MR) is 122 cm³/mol. The van der Waals surface area contributed by atoms with Gasteiger partial charge in [-0.15, -0.1) is 10.2 Å². The van der Waals surface area contributed by atoms with Crippen molar-refractivity contribution in [3.8, 4) is 51.4 Å². The molecule has 0 fully saturated rings. The lowest BCUT2D eigenvalue weighted by molar-refractivity contribution is -0.0512. The van der Waals surface area contributed by atoms with Crippen molar-refractivity contribution in [1.29, 1.82) is 0 Å². The van der Waals surface area contributed by atoms with Gasteiger partial charge in [-0.2, -0.15) is 13.9 Å². The highest BCUT2D eigenvalue weighted by atomic mass is 19.3. The van der Waals surface area contributed by atoms with Crippen LogP contribution in [0.5, 0.6) is 17.2 Å². The lowest BCUT2D eigenvalue weighted by Gasteiger charge is -2.10. The second kappa shape index (κ2) is 9.76. The van der Waals surface area contributed by atoms with E-state index < -0.39 is 13.0 Å². The molecule has 190 valence electrons. The Balaban J connectivity index is 1.56. The summed E-state index contributed by atoms with van der Waals surface area (Å²) < 4.78 is 74.5. The average molecular weight is 515 g/mol. The van der Waals surface area contributed by atoms with Crippen molar-refractivity contribution in [3.63, 3.8) is 0 Å². The number of halogens is 4. The van der Waals surface area contributed by atoms with Crippen LogP contribution in [0.4, 0.5) is 17.6 Å². The lowest BCUT2D eigenvalue weighted by Crippen LogP contribution is -2.03. The Morgan fingerprint density at radius 1 is 0.838 bits per heavy atom. The number of hydrogen-bond donors (Lipinski definition) is 0. The molecule has 9 nitrogen and oxygen atoms in total. The van der Waals surface area contributed by atoms with E-state index in [0.717, 1.165) is 4.52 Å². The predicted octanol–water partition coefficient (Wildman–Crippen LogP) is 5.67. The van der Waals surface area contributed by atoms with Gasteiger partial charge in [-0.05, 0) is 48.5 Å². The van der Waals surface area contributed by atoms with Crippen LogP contribution in [0.25, 0.3) is 39.8 Å². The number of fused-ring (bicyclic) bond motifs is 1. The molecule has 0 radical (unpaired) electrons. The van der Waals surface area contributed by atoms with E-state index in [0.29, 0.717) is 16.9 Å². The molecule has 3 heterocycles. The quantitative estimate of drug-likeness (QED) is 0.244. The van der Waals surface area contributed by atoms with E-state index in [2.05, 4.69) is 25.0 Å². The molecule has 0 aliphatic carbocycles. The van der Waals surface area contributed by atoms with E-state index in [9.17, 15) is 17.6 Å². The summed E-state index contributed by atoms with van der Waals surface area (Å²) in [5.41, 5.74) is 1.15. The zero-order valence-electron chi connectivity index (χ0n) is 19.2. The molecule has 0 amide bonds. The van der Waals surface area contributed by atoms with Crippen LogP contribution in [0.1, 0.15) is 12.1 Å². The van der Waals surface area contributed by atoms with Crippen molar-refractivity contribution in [2.24, 2.45) is 0 Å². The molecule has 37 heavy (non-hydrogen) atoms. The van der Waals surface area contributed by atoms with Gasteiger partial charge in [-0.3, -0.25) is 0 Å². The third-order valence-corrected chi connectivity index (χ3v) is 5.39. The maximum Gasteiger partial charge on any atom is 0.387 e. The Kier molecular flexibility index (Phi) is 6.34. The normalized spacial score (nSPS) is 11.5. The molecule has 2 aromatic carbocycles. The van der Waals surface area contributed by atoms with E-state index in [1.54, 1.807) is 24.3 Å². The first-order chi connectivity index (χ1) is 17.9. The molecule has 0 saturated carbocycles. The Morgan fingerprint density at radius 3 is 2.24 bits per heavy atom. The number of nitrogens with zero attached hydrogens (tertiary/aromatic N) is 5. The van der Waals surface area contributed by atoms with Crippen LogP contribution in [0, 0.1) is 0 Å². The first-order valence-corrected chi connectivity index (χ1v) is 10.7. The van der Waals surface area contributed by atoms with Crippen molar-refractivity contribution in [2.45, 2.75) is 13.0 Å². The minimum Gasteiger partial charge on any atom is -0.497 e. The molecule has 5 rings (SSSR count). The van der Waals surface area contributed by atoms with Gasteiger partial charge in [0, 0.05) is 11.1 Å². The Labute approximate surface area is 206 Å². The SMILES string of the molecule is COc1ccc(-c2cc(C(F)F)n3ncc(-c4nnc(-c5ccc(OC(F)F)c(OC)c5)o4)c3n2)cc1. The van der Waals surface area contributed by atoms with Crippen molar-refractivity contribution < 1.29 is 36.2 Å². The molecular formula is C24H17F4N5O4. The number of aromatic nitrogens is 5. The number of methoxy groups -OCH3 is 2. The Morgan fingerprint density at radius 2 is 1.57 bits per heavy atom. The first-order valence-electron chi connectivity index (χ1n) is 10.7. The van der Waals surface area contributed by atoms with E-state index in [4.69, 9.17) is 13.9 Å². The highest BCUT2D eigenvalue weighted by molar-refractivity contribution is 5.75. The number of alkyl halides is 4. The molecular weight excluding hydrogens is 498 g/mol. The minimum atomic E-state index is -3.03. The fourth-order valence-electron chi connectivity index (χ4n) is 3.64. The first kappa shape index (κ1) is 24.0. The molecule has 13 heteroatoms. The van der Waals surface area contributed by atoms with E-state index in [1.165, 1.54) is 44.7 Å².